The van der Waals surface area contributed by atoms with Crippen LogP contribution in [0, 0.1) is 5.92 Å². The molecule has 0 aromatic heterocycles. The number of para-hydroxylation sites is 1. The standard InChI is InChI=1S/C18H30N2O/c1-18(2,3)19-14-16-10-12-20(15-16)11-7-13-21-17-8-5-4-6-9-17/h4-6,8-9,16,19H,7,10-15H2,1-3H3. The molecule has 0 bridgehead atoms. The van der Waals surface area contributed by atoms with E-state index >= 15 is 0 Å². The van der Waals surface area contributed by atoms with Crippen molar-refractivity contribution in [1.29, 1.82) is 0 Å². The average Bonchev–Trinajstić information content (AvgIpc) is 2.90. The Bertz CT molecular complexity index is 399. The molecule has 1 fully saturated rings. The molecule has 0 radical (unpaired) electrons. The topological polar surface area (TPSA) is 24.5 Å². The first-order chi connectivity index (χ1) is 10.0. The van der Waals surface area contributed by atoms with Gasteiger partial charge in [-0.25, -0.2) is 0 Å². The summed E-state index contributed by atoms with van der Waals surface area (Å²) in [7, 11) is 0. The highest BCUT2D eigenvalue weighted by Gasteiger charge is 2.23. The van der Waals surface area contributed by atoms with Crippen molar-refractivity contribution in [3.8, 4) is 5.75 Å². The number of hydrogen-bond donors (Lipinski definition) is 1. The highest BCUT2D eigenvalue weighted by atomic mass is 16.5. The van der Waals surface area contributed by atoms with Gasteiger partial charge < -0.3 is 15.0 Å². The number of nitrogens with one attached hydrogen (secondary N) is 1. The minimum atomic E-state index is 0.233. The Morgan fingerprint density at radius 3 is 2.71 bits per heavy atom. The van der Waals surface area contributed by atoms with Crippen molar-refractivity contribution in [2.45, 2.75) is 39.2 Å². The molecule has 1 atom stereocenters. The maximum Gasteiger partial charge on any atom is 0.119 e. The van der Waals surface area contributed by atoms with Crippen molar-refractivity contribution in [2.24, 2.45) is 5.92 Å². The van der Waals surface area contributed by atoms with E-state index in [1.165, 1.54) is 19.5 Å². The minimum absolute atomic E-state index is 0.233. The molecular weight excluding hydrogens is 260 g/mol. The van der Waals surface area contributed by atoms with Gasteiger partial charge in [-0.1, -0.05) is 18.2 Å². The molecule has 1 N–H and O–H groups in total. The molecule has 1 aromatic carbocycles. The second kappa shape index (κ2) is 7.81. The predicted molar refractivity (Wildman–Crippen MR) is 88.9 cm³/mol. The van der Waals surface area contributed by atoms with Crippen LogP contribution in [0.1, 0.15) is 33.6 Å². The van der Waals surface area contributed by atoms with E-state index in [0.717, 1.165) is 37.8 Å². The van der Waals surface area contributed by atoms with Crippen LogP contribution >= 0.6 is 0 Å². The normalized spacial score (nSPS) is 19.9. The zero-order chi connectivity index (χ0) is 15.1. The minimum Gasteiger partial charge on any atom is -0.494 e. The first-order valence-corrected chi connectivity index (χ1v) is 8.18. The Kier molecular flexibility index (Phi) is 6.07. The zero-order valence-corrected chi connectivity index (χ0v) is 13.8. The second-order valence-electron chi connectivity index (χ2n) is 7.10. The van der Waals surface area contributed by atoms with Crippen molar-refractivity contribution >= 4 is 0 Å². The number of likely N-dealkylation sites (tertiary alicyclic amines) is 1. The molecule has 1 saturated heterocycles. The summed E-state index contributed by atoms with van der Waals surface area (Å²) >= 11 is 0. The van der Waals surface area contributed by atoms with Gasteiger partial charge in [0.25, 0.3) is 0 Å². The van der Waals surface area contributed by atoms with Crippen molar-refractivity contribution in [2.75, 3.05) is 32.8 Å². The third-order valence-corrected chi connectivity index (χ3v) is 3.92. The van der Waals surface area contributed by atoms with E-state index in [1.807, 2.05) is 30.3 Å². The Morgan fingerprint density at radius 1 is 1.24 bits per heavy atom. The number of hydrogen-bond acceptors (Lipinski definition) is 3. The second-order valence-corrected chi connectivity index (χ2v) is 7.10. The van der Waals surface area contributed by atoms with Crippen LogP contribution in [-0.2, 0) is 0 Å². The molecule has 3 nitrogen and oxygen atoms in total. The molecule has 118 valence electrons. The van der Waals surface area contributed by atoms with Gasteiger partial charge in [0, 0.05) is 18.6 Å². The summed E-state index contributed by atoms with van der Waals surface area (Å²) in [5, 5.41) is 3.62. The largest absolute Gasteiger partial charge is 0.494 e. The van der Waals surface area contributed by atoms with Gasteiger partial charge in [-0.15, -0.1) is 0 Å². The fraction of sp³-hybridized carbons (Fsp3) is 0.667. The maximum absolute atomic E-state index is 5.75. The van der Waals surface area contributed by atoms with Gasteiger partial charge in [-0.2, -0.15) is 0 Å². The van der Waals surface area contributed by atoms with Gasteiger partial charge in [0.1, 0.15) is 5.75 Å². The lowest BCUT2D eigenvalue weighted by atomic mass is 10.1. The molecule has 1 aromatic rings. The molecular formula is C18H30N2O. The van der Waals surface area contributed by atoms with Gasteiger partial charge in [-0.3, -0.25) is 0 Å². The van der Waals surface area contributed by atoms with Crippen molar-refractivity contribution < 1.29 is 4.74 Å². The smallest absolute Gasteiger partial charge is 0.119 e. The van der Waals surface area contributed by atoms with Gasteiger partial charge in [-0.05, 0) is 64.8 Å². The van der Waals surface area contributed by atoms with Gasteiger partial charge >= 0.3 is 0 Å². The number of nitrogens with zero attached hydrogens (tertiary/aromatic N) is 1. The third kappa shape index (κ3) is 6.49. The lowest BCUT2D eigenvalue weighted by Gasteiger charge is -2.23. The van der Waals surface area contributed by atoms with Crippen LogP contribution in [0.2, 0.25) is 0 Å². The first-order valence-electron chi connectivity index (χ1n) is 8.18. The Labute approximate surface area is 129 Å². The number of ether oxygens (including phenoxy) is 1. The van der Waals surface area contributed by atoms with E-state index in [9.17, 15) is 0 Å². The van der Waals surface area contributed by atoms with E-state index in [1.54, 1.807) is 0 Å². The molecule has 0 amide bonds. The SMILES string of the molecule is CC(C)(C)NCC1CCN(CCCOc2ccccc2)C1. The monoisotopic (exact) mass is 290 g/mol. The highest BCUT2D eigenvalue weighted by molar-refractivity contribution is 5.20. The molecule has 0 saturated carbocycles. The number of benzene rings is 1. The first kappa shape index (κ1) is 16.3. The molecule has 21 heavy (non-hydrogen) atoms. The summed E-state index contributed by atoms with van der Waals surface area (Å²) < 4.78 is 5.75. The van der Waals surface area contributed by atoms with Crippen LogP contribution in [0.15, 0.2) is 30.3 Å². The van der Waals surface area contributed by atoms with Gasteiger partial charge in [0.15, 0.2) is 0 Å². The van der Waals surface area contributed by atoms with E-state index in [4.69, 9.17) is 4.74 Å². The molecule has 2 rings (SSSR count). The zero-order valence-electron chi connectivity index (χ0n) is 13.8. The van der Waals surface area contributed by atoms with Crippen molar-refractivity contribution in [1.82, 2.24) is 10.2 Å². The fourth-order valence-electron chi connectivity index (χ4n) is 2.73. The van der Waals surface area contributed by atoms with Crippen LogP contribution in [-0.4, -0.2) is 43.2 Å². The molecule has 0 aliphatic carbocycles. The lowest BCUT2D eigenvalue weighted by molar-refractivity contribution is 0.256. The van der Waals surface area contributed by atoms with Crippen LogP contribution in [0.25, 0.3) is 0 Å². The van der Waals surface area contributed by atoms with E-state index in [-0.39, 0.29) is 5.54 Å². The Hall–Kier alpha value is -1.06. The Morgan fingerprint density at radius 2 is 2.00 bits per heavy atom. The lowest BCUT2D eigenvalue weighted by Crippen LogP contribution is -2.39. The molecule has 1 heterocycles. The van der Waals surface area contributed by atoms with Crippen LogP contribution in [0.4, 0.5) is 0 Å². The van der Waals surface area contributed by atoms with Crippen LogP contribution in [0.3, 0.4) is 0 Å². The quantitative estimate of drug-likeness (QED) is 0.781. The summed E-state index contributed by atoms with van der Waals surface area (Å²) in [6.45, 7) is 12.3. The van der Waals surface area contributed by atoms with Gasteiger partial charge in [0.05, 0.1) is 6.61 Å². The summed E-state index contributed by atoms with van der Waals surface area (Å²) in [4.78, 5) is 2.57. The summed E-state index contributed by atoms with van der Waals surface area (Å²) in [5.41, 5.74) is 0.233. The molecule has 1 aliphatic rings. The predicted octanol–water partition coefficient (Wildman–Crippen LogP) is 3.17. The third-order valence-electron chi connectivity index (χ3n) is 3.92. The fourth-order valence-corrected chi connectivity index (χ4v) is 2.73. The summed E-state index contributed by atoms with van der Waals surface area (Å²) in [5.74, 6) is 1.78. The summed E-state index contributed by atoms with van der Waals surface area (Å²) in [6, 6.07) is 10.1. The number of rotatable bonds is 7. The molecule has 0 spiro atoms. The van der Waals surface area contributed by atoms with Gasteiger partial charge in [0.2, 0.25) is 0 Å². The molecule has 1 unspecified atom stereocenters. The van der Waals surface area contributed by atoms with Crippen LogP contribution in [0.5, 0.6) is 5.75 Å². The van der Waals surface area contributed by atoms with E-state index in [0.29, 0.717) is 0 Å². The van der Waals surface area contributed by atoms with E-state index < -0.39 is 0 Å². The maximum atomic E-state index is 5.75. The van der Waals surface area contributed by atoms with Crippen molar-refractivity contribution in [3.05, 3.63) is 30.3 Å². The average molecular weight is 290 g/mol. The van der Waals surface area contributed by atoms with Crippen LogP contribution < -0.4 is 10.1 Å². The summed E-state index contributed by atoms with van der Waals surface area (Å²) in [6.07, 6.45) is 2.43. The Balaban J connectivity index is 1.56. The molecule has 3 heteroatoms. The van der Waals surface area contributed by atoms with Crippen molar-refractivity contribution in [3.63, 3.8) is 0 Å². The highest BCUT2D eigenvalue weighted by Crippen LogP contribution is 2.17. The van der Waals surface area contributed by atoms with E-state index in [2.05, 4.69) is 31.0 Å². The molecule has 1 aliphatic heterocycles.